The Morgan fingerprint density at radius 2 is 2.12 bits per heavy atom. The number of carbonyl (C=O) groups excluding carboxylic acids is 1. The van der Waals surface area contributed by atoms with Crippen LogP contribution in [0.3, 0.4) is 0 Å². The van der Waals surface area contributed by atoms with E-state index in [9.17, 15) is 9.90 Å². The van der Waals surface area contributed by atoms with Crippen molar-refractivity contribution in [1.82, 2.24) is 0 Å². The first-order valence-corrected chi connectivity index (χ1v) is 5.75. The minimum absolute atomic E-state index is 0.181. The molecule has 88 valence electrons. The van der Waals surface area contributed by atoms with Crippen molar-refractivity contribution in [3.8, 4) is 0 Å². The Morgan fingerprint density at radius 3 is 2.62 bits per heavy atom. The smallest absolute Gasteiger partial charge is 0.168 e. The van der Waals surface area contributed by atoms with Crippen LogP contribution in [0.2, 0.25) is 5.02 Å². The van der Waals surface area contributed by atoms with Crippen LogP contribution in [0.25, 0.3) is 0 Å². The summed E-state index contributed by atoms with van der Waals surface area (Å²) in [6.07, 6.45) is 0.593. The van der Waals surface area contributed by atoms with E-state index in [4.69, 9.17) is 11.6 Å². The molecule has 0 radical (unpaired) electrons. The number of rotatable bonds is 4. The molecule has 1 unspecified atom stereocenters. The fourth-order valence-corrected chi connectivity index (χ4v) is 1.66. The Bertz CT molecular complexity index is 397. The largest absolute Gasteiger partial charge is 0.382 e. The van der Waals surface area contributed by atoms with Crippen molar-refractivity contribution in [3.05, 3.63) is 34.3 Å². The van der Waals surface area contributed by atoms with Gasteiger partial charge >= 0.3 is 0 Å². The van der Waals surface area contributed by atoms with Gasteiger partial charge in [-0.15, -0.1) is 0 Å². The fourth-order valence-electron chi connectivity index (χ4n) is 1.36. The number of carbonyl (C=O) groups is 1. The van der Waals surface area contributed by atoms with Crippen LogP contribution in [-0.4, -0.2) is 16.5 Å². The second-order valence-electron chi connectivity index (χ2n) is 4.32. The van der Waals surface area contributed by atoms with Crippen molar-refractivity contribution in [2.75, 3.05) is 0 Å². The third kappa shape index (κ3) is 3.06. The number of hydrogen-bond donors (Lipinski definition) is 1. The van der Waals surface area contributed by atoms with Gasteiger partial charge in [0, 0.05) is 11.4 Å². The maximum atomic E-state index is 11.8. The monoisotopic (exact) mass is 240 g/mol. The lowest BCUT2D eigenvalue weighted by Crippen LogP contribution is -2.35. The lowest BCUT2D eigenvalue weighted by Gasteiger charge is -2.19. The van der Waals surface area contributed by atoms with Crippen molar-refractivity contribution >= 4 is 17.4 Å². The molecule has 1 atom stereocenters. The van der Waals surface area contributed by atoms with E-state index in [0.29, 0.717) is 11.4 Å². The van der Waals surface area contributed by atoms with Gasteiger partial charge in [0.25, 0.3) is 0 Å². The molecule has 0 bridgehead atoms. The third-order valence-corrected chi connectivity index (χ3v) is 3.20. The van der Waals surface area contributed by atoms with E-state index in [-0.39, 0.29) is 12.2 Å². The molecule has 0 saturated carbocycles. The van der Waals surface area contributed by atoms with Crippen LogP contribution in [0.5, 0.6) is 0 Å². The number of aryl methyl sites for hydroxylation is 1. The molecule has 0 saturated heterocycles. The third-order valence-electron chi connectivity index (χ3n) is 2.85. The van der Waals surface area contributed by atoms with Crippen LogP contribution in [0.4, 0.5) is 0 Å². The Hall–Kier alpha value is -0.860. The zero-order valence-electron chi connectivity index (χ0n) is 9.88. The molecule has 1 rings (SSSR count). The van der Waals surface area contributed by atoms with Crippen molar-refractivity contribution in [1.29, 1.82) is 0 Å². The molecule has 16 heavy (non-hydrogen) atoms. The maximum Gasteiger partial charge on any atom is 0.168 e. The molecule has 0 aromatic heterocycles. The molecule has 0 heterocycles. The molecule has 0 fully saturated rings. The van der Waals surface area contributed by atoms with Gasteiger partial charge in [0.15, 0.2) is 5.78 Å². The summed E-state index contributed by atoms with van der Waals surface area (Å²) in [6, 6.07) is 5.57. The summed E-state index contributed by atoms with van der Waals surface area (Å²) in [6.45, 7) is 5.27. The van der Waals surface area contributed by atoms with E-state index >= 15 is 0 Å². The number of benzene rings is 1. The van der Waals surface area contributed by atoms with Gasteiger partial charge in [-0.3, -0.25) is 4.79 Å². The van der Waals surface area contributed by atoms with Crippen LogP contribution in [-0.2, 0) is 11.2 Å². The van der Waals surface area contributed by atoms with Crippen LogP contribution in [0.15, 0.2) is 18.2 Å². The highest BCUT2D eigenvalue weighted by molar-refractivity contribution is 6.31. The summed E-state index contributed by atoms with van der Waals surface area (Å²) in [5, 5.41) is 10.4. The van der Waals surface area contributed by atoms with Crippen LogP contribution >= 0.6 is 11.6 Å². The number of hydrogen-bond acceptors (Lipinski definition) is 2. The van der Waals surface area contributed by atoms with Gasteiger partial charge in [-0.05, 0) is 37.5 Å². The van der Waals surface area contributed by atoms with E-state index in [1.807, 2.05) is 25.1 Å². The maximum absolute atomic E-state index is 11.8. The van der Waals surface area contributed by atoms with E-state index in [1.165, 1.54) is 6.92 Å². The molecular formula is C13H17ClO2. The first-order chi connectivity index (χ1) is 7.36. The van der Waals surface area contributed by atoms with Crippen molar-refractivity contribution < 1.29 is 9.90 Å². The second kappa shape index (κ2) is 4.98. The molecular weight excluding hydrogens is 224 g/mol. The zero-order valence-corrected chi connectivity index (χ0v) is 10.6. The van der Waals surface area contributed by atoms with Crippen LogP contribution < -0.4 is 0 Å². The van der Waals surface area contributed by atoms with Crippen LogP contribution in [0.1, 0.15) is 31.4 Å². The Labute approximate surface area is 101 Å². The number of Topliss-reactive ketones (excluding diaryl/α,β-unsaturated/α-hetero) is 1. The van der Waals surface area contributed by atoms with Gasteiger partial charge in [-0.25, -0.2) is 0 Å². The first kappa shape index (κ1) is 13.2. The van der Waals surface area contributed by atoms with Crippen molar-refractivity contribution in [2.45, 2.75) is 39.2 Å². The Kier molecular flexibility index (Phi) is 4.11. The molecule has 0 amide bonds. The van der Waals surface area contributed by atoms with E-state index in [2.05, 4.69) is 0 Å². The van der Waals surface area contributed by atoms with Crippen molar-refractivity contribution in [2.24, 2.45) is 0 Å². The van der Waals surface area contributed by atoms with Gasteiger partial charge in [-0.2, -0.15) is 0 Å². The number of ketones is 1. The highest BCUT2D eigenvalue weighted by Crippen LogP contribution is 2.21. The summed E-state index contributed by atoms with van der Waals surface area (Å²) >= 11 is 6.03. The standard InChI is InChI=1S/C13H17ClO2/c1-4-13(3,16)12(15)8-10-6-5-9(2)7-11(10)14/h5-7,16H,4,8H2,1-3H3. The van der Waals surface area contributed by atoms with E-state index in [1.54, 1.807) is 6.92 Å². The average molecular weight is 241 g/mol. The van der Waals surface area contributed by atoms with E-state index in [0.717, 1.165) is 11.1 Å². The van der Waals surface area contributed by atoms with Gasteiger partial charge in [0.05, 0.1) is 0 Å². The minimum atomic E-state index is -1.26. The molecule has 1 N–H and O–H groups in total. The summed E-state index contributed by atoms with van der Waals surface area (Å²) in [5.74, 6) is -0.194. The lowest BCUT2D eigenvalue weighted by molar-refractivity contribution is -0.135. The van der Waals surface area contributed by atoms with Gasteiger partial charge in [0.2, 0.25) is 0 Å². The molecule has 0 aliphatic heterocycles. The molecule has 0 aliphatic rings. The molecule has 1 aromatic rings. The van der Waals surface area contributed by atoms with Gasteiger partial charge in [0.1, 0.15) is 5.60 Å². The van der Waals surface area contributed by atoms with Crippen molar-refractivity contribution in [3.63, 3.8) is 0 Å². The van der Waals surface area contributed by atoms with E-state index < -0.39 is 5.60 Å². The summed E-state index contributed by atoms with van der Waals surface area (Å²) < 4.78 is 0. The summed E-state index contributed by atoms with van der Waals surface area (Å²) in [4.78, 5) is 11.8. The summed E-state index contributed by atoms with van der Waals surface area (Å²) in [7, 11) is 0. The minimum Gasteiger partial charge on any atom is -0.382 e. The van der Waals surface area contributed by atoms with Gasteiger partial charge < -0.3 is 5.11 Å². The second-order valence-corrected chi connectivity index (χ2v) is 4.73. The quantitative estimate of drug-likeness (QED) is 0.879. The Balaban J connectivity index is 2.85. The molecule has 0 spiro atoms. The zero-order chi connectivity index (χ0) is 12.3. The Morgan fingerprint density at radius 1 is 1.50 bits per heavy atom. The summed E-state index contributed by atoms with van der Waals surface area (Å²) in [5.41, 5.74) is 0.572. The number of aliphatic hydroxyl groups is 1. The molecule has 3 heteroatoms. The molecule has 2 nitrogen and oxygen atoms in total. The normalized spacial score (nSPS) is 14.6. The van der Waals surface area contributed by atoms with Crippen LogP contribution in [0, 0.1) is 6.92 Å². The topological polar surface area (TPSA) is 37.3 Å². The molecule has 0 aliphatic carbocycles. The lowest BCUT2D eigenvalue weighted by atomic mass is 9.92. The first-order valence-electron chi connectivity index (χ1n) is 5.37. The highest BCUT2D eigenvalue weighted by Gasteiger charge is 2.27. The SMILES string of the molecule is CCC(C)(O)C(=O)Cc1ccc(C)cc1Cl. The fraction of sp³-hybridized carbons (Fsp3) is 0.462. The van der Waals surface area contributed by atoms with Gasteiger partial charge in [-0.1, -0.05) is 30.7 Å². The average Bonchev–Trinajstić information content (AvgIpc) is 2.22. The predicted octanol–water partition coefficient (Wildman–Crippen LogP) is 2.92. The molecule has 1 aromatic carbocycles. The number of halogens is 1. The highest BCUT2D eigenvalue weighted by atomic mass is 35.5. The predicted molar refractivity (Wildman–Crippen MR) is 65.8 cm³/mol.